The van der Waals surface area contributed by atoms with E-state index in [1.54, 1.807) is 26.1 Å². The van der Waals surface area contributed by atoms with Gasteiger partial charge in [-0.2, -0.15) is 0 Å². The third-order valence-electron chi connectivity index (χ3n) is 5.86. The van der Waals surface area contributed by atoms with Gasteiger partial charge in [-0.15, -0.1) is 0 Å². The topological polar surface area (TPSA) is 91.4 Å². The van der Waals surface area contributed by atoms with Crippen molar-refractivity contribution >= 4 is 29.5 Å². The van der Waals surface area contributed by atoms with E-state index in [9.17, 15) is 18.8 Å². The number of cyclic esters (lactones) is 1. The summed E-state index contributed by atoms with van der Waals surface area (Å²) < 4.78 is 25.1. The molecular formula is C21H29FN4O5. The molecule has 2 fully saturated rings. The summed E-state index contributed by atoms with van der Waals surface area (Å²) in [5.74, 6) is -0.242. The Labute approximate surface area is 181 Å². The molecule has 1 aromatic carbocycles. The van der Waals surface area contributed by atoms with Crippen molar-refractivity contribution in [1.82, 2.24) is 10.2 Å². The van der Waals surface area contributed by atoms with Gasteiger partial charge in [-0.1, -0.05) is 6.92 Å². The van der Waals surface area contributed by atoms with Crippen LogP contribution in [0.25, 0.3) is 0 Å². The molecular weight excluding hydrogens is 407 g/mol. The Morgan fingerprint density at radius 3 is 2.71 bits per heavy atom. The van der Waals surface area contributed by atoms with E-state index in [1.165, 1.54) is 22.8 Å². The fraction of sp³-hybridized carbons (Fsp3) is 0.571. The molecule has 1 aromatic rings. The van der Waals surface area contributed by atoms with Crippen molar-refractivity contribution in [2.75, 3.05) is 49.6 Å². The minimum Gasteiger partial charge on any atom is -0.450 e. The highest BCUT2D eigenvalue weighted by atomic mass is 19.1. The largest absolute Gasteiger partial charge is 0.450 e. The van der Waals surface area contributed by atoms with E-state index in [2.05, 4.69) is 12.2 Å². The number of ether oxygens (including phenoxy) is 2. The lowest BCUT2D eigenvalue weighted by molar-refractivity contribution is -0.134. The van der Waals surface area contributed by atoms with Crippen LogP contribution in [0, 0.1) is 17.7 Å². The van der Waals surface area contributed by atoms with Crippen molar-refractivity contribution in [3.05, 3.63) is 24.0 Å². The van der Waals surface area contributed by atoms with Crippen LogP contribution in [0.15, 0.2) is 18.2 Å². The van der Waals surface area contributed by atoms with Gasteiger partial charge in [0.15, 0.2) is 6.23 Å². The van der Waals surface area contributed by atoms with Crippen molar-refractivity contribution in [1.29, 1.82) is 0 Å². The Kier molecular flexibility index (Phi) is 6.87. The predicted octanol–water partition coefficient (Wildman–Crippen LogP) is 2.41. The van der Waals surface area contributed by atoms with Gasteiger partial charge >= 0.3 is 12.2 Å². The molecule has 0 saturated carbocycles. The molecule has 0 aromatic heterocycles. The highest BCUT2D eigenvalue weighted by Crippen LogP contribution is 2.33. The number of rotatable bonds is 6. The molecule has 3 amide bonds. The van der Waals surface area contributed by atoms with E-state index in [1.807, 2.05) is 4.90 Å². The van der Waals surface area contributed by atoms with Crippen LogP contribution in [0.3, 0.4) is 0 Å². The third kappa shape index (κ3) is 5.00. The maximum absolute atomic E-state index is 15.0. The van der Waals surface area contributed by atoms with Crippen LogP contribution < -0.4 is 15.1 Å². The third-order valence-corrected chi connectivity index (χ3v) is 5.86. The molecule has 0 radical (unpaired) electrons. The summed E-state index contributed by atoms with van der Waals surface area (Å²) in [5.41, 5.74) is 0.817. The van der Waals surface area contributed by atoms with Crippen molar-refractivity contribution in [2.45, 2.75) is 27.0 Å². The first kappa shape index (κ1) is 22.6. The fourth-order valence-electron chi connectivity index (χ4n) is 3.88. The van der Waals surface area contributed by atoms with Crippen LogP contribution >= 0.6 is 0 Å². The summed E-state index contributed by atoms with van der Waals surface area (Å²) in [7, 11) is 1.55. The van der Waals surface area contributed by atoms with Gasteiger partial charge in [0.1, 0.15) is 5.82 Å². The molecule has 2 saturated heterocycles. The van der Waals surface area contributed by atoms with E-state index in [4.69, 9.17) is 9.47 Å². The summed E-state index contributed by atoms with van der Waals surface area (Å²) in [4.78, 5) is 39.8. The minimum absolute atomic E-state index is 0.135. The molecule has 31 heavy (non-hydrogen) atoms. The van der Waals surface area contributed by atoms with Crippen LogP contribution in [0.2, 0.25) is 0 Å². The molecule has 0 spiro atoms. The average molecular weight is 436 g/mol. The number of nitrogens with zero attached hydrogens (tertiary/aromatic N) is 3. The number of benzene rings is 1. The molecule has 1 N–H and O–H groups in total. The lowest BCUT2D eigenvalue weighted by atomic mass is 9.98. The zero-order chi connectivity index (χ0) is 22.7. The molecule has 10 heteroatoms. The monoisotopic (exact) mass is 436 g/mol. The second-order valence-electron chi connectivity index (χ2n) is 7.96. The molecule has 170 valence electrons. The van der Waals surface area contributed by atoms with Gasteiger partial charge in [0.2, 0.25) is 5.91 Å². The Morgan fingerprint density at radius 1 is 1.32 bits per heavy atom. The van der Waals surface area contributed by atoms with E-state index in [0.29, 0.717) is 37.6 Å². The second kappa shape index (κ2) is 9.40. The number of alkyl carbamates (subject to hydrolysis) is 1. The highest BCUT2D eigenvalue weighted by molar-refractivity contribution is 5.90. The van der Waals surface area contributed by atoms with Crippen LogP contribution in [-0.4, -0.2) is 69.1 Å². The number of hydrogen-bond donors (Lipinski definition) is 1. The maximum Gasteiger partial charge on any atom is 0.416 e. The van der Waals surface area contributed by atoms with E-state index >= 15 is 0 Å². The molecule has 0 bridgehead atoms. The van der Waals surface area contributed by atoms with Crippen LogP contribution in [0.4, 0.5) is 25.4 Å². The van der Waals surface area contributed by atoms with Gasteiger partial charge in [-0.3, -0.25) is 9.69 Å². The number of anilines is 2. The van der Waals surface area contributed by atoms with Gasteiger partial charge in [0, 0.05) is 33.6 Å². The zero-order valence-electron chi connectivity index (χ0n) is 18.3. The molecule has 2 heterocycles. The lowest BCUT2D eigenvalue weighted by Gasteiger charge is -2.22. The number of likely N-dealkylation sites (N-methyl/N-ethyl adjacent to an activating group) is 1. The number of nitrogens with one attached hydrogen (secondary N) is 1. The normalized spacial score (nSPS) is 23.0. The molecule has 9 nitrogen and oxygen atoms in total. The number of amides is 3. The first-order valence-corrected chi connectivity index (χ1v) is 10.4. The Morgan fingerprint density at radius 2 is 2.06 bits per heavy atom. The summed E-state index contributed by atoms with van der Waals surface area (Å²) in [6, 6.07) is 4.63. The van der Waals surface area contributed by atoms with Gasteiger partial charge in [0.25, 0.3) is 0 Å². The molecule has 2 aliphatic heterocycles. The molecule has 2 aliphatic rings. The van der Waals surface area contributed by atoms with Crippen LogP contribution in [0.1, 0.15) is 20.8 Å². The fourth-order valence-corrected chi connectivity index (χ4v) is 3.88. The summed E-state index contributed by atoms with van der Waals surface area (Å²) >= 11 is 0. The average Bonchev–Trinajstić information content (AvgIpc) is 3.28. The molecule has 3 atom stereocenters. The Hall–Kier alpha value is -3.04. The van der Waals surface area contributed by atoms with Crippen molar-refractivity contribution in [3.63, 3.8) is 0 Å². The van der Waals surface area contributed by atoms with Gasteiger partial charge in [-0.05, 0) is 37.0 Å². The minimum atomic E-state index is -0.708. The predicted molar refractivity (Wildman–Crippen MR) is 112 cm³/mol. The SMILES string of the molecule is CCOC(=O)NC[C@H]1CN(c2ccc(N3CC(N(C)C(C)=O)OC3=O)cc2F)C[C@@H]1C. The molecule has 1 unspecified atom stereocenters. The number of halogens is 1. The Bertz CT molecular complexity index is 851. The number of carbonyl (C=O) groups excluding carboxylic acids is 3. The van der Waals surface area contributed by atoms with Crippen LogP contribution in [0.5, 0.6) is 0 Å². The molecule has 3 rings (SSSR count). The number of hydrogen-bond acceptors (Lipinski definition) is 6. The quantitative estimate of drug-likeness (QED) is 0.737. The first-order valence-electron chi connectivity index (χ1n) is 10.4. The summed E-state index contributed by atoms with van der Waals surface area (Å²) in [5, 5.41) is 2.75. The number of carbonyl (C=O) groups is 3. The second-order valence-corrected chi connectivity index (χ2v) is 7.96. The van der Waals surface area contributed by atoms with Crippen LogP contribution in [-0.2, 0) is 14.3 Å². The van der Waals surface area contributed by atoms with Gasteiger partial charge in [-0.25, -0.2) is 14.0 Å². The smallest absolute Gasteiger partial charge is 0.416 e. The van der Waals surface area contributed by atoms with Crippen molar-refractivity contribution in [2.24, 2.45) is 11.8 Å². The summed E-state index contributed by atoms with van der Waals surface area (Å²) in [6.07, 6.45) is -1.78. The zero-order valence-corrected chi connectivity index (χ0v) is 18.3. The first-order chi connectivity index (χ1) is 14.7. The van der Waals surface area contributed by atoms with Gasteiger partial charge < -0.3 is 24.6 Å². The van der Waals surface area contributed by atoms with Crippen molar-refractivity contribution in [3.8, 4) is 0 Å². The standard InChI is InChI=1S/C21H29FN4O5/c1-5-30-20(28)23-9-15-11-25(10-13(15)2)18-7-6-16(8-17(18)22)26-12-19(31-21(26)29)24(4)14(3)27/h6-8,13,15,19H,5,9-12H2,1-4H3,(H,23,28)/t13-,15-,19?/m0/s1. The Balaban J connectivity index is 1.65. The van der Waals surface area contributed by atoms with Gasteiger partial charge in [0.05, 0.1) is 24.5 Å². The summed E-state index contributed by atoms with van der Waals surface area (Å²) in [6.45, 7) is 7.36. The van der Waals surface area contributed by atoms with Crippen molar-refractivity contribution < 1.29 is 28.2 Å². The van der Waals surface area contributed by atoms with E-state index in [-0.39, 0.29) is 24.3 Å². The van der Waals surface area contributed by atoms with E-state index in [0.717, 1.165) is 0 Å². The van der Waals surface area contributed by atoms with E-state index < -0.39 is 24.2 Å². The molecule has 0 aliphatic carbocycles. The lowest BCUT2D eigenvalue weighted by Crippen LogP contribution is -2.38. The highest BCUT2D eigenvalue weighted by Gasteiger charge is 2.37. The maximum atomic E-state index is 15.0.